The van der Waals surface area contributed by atoms with Crippen molar-refractivity contribution in [3.05, 3.63) is 35.4 Å². The number of carbonyl (C=O) groups excluding carboxylic acids is 1. The van der Waals surface area contributed by atoms with Crippen LogP contribution < -0.4 is 10.6 Å². The second-order valence-electron chi connectivity index (χ2n) is 4.98. The Morgan fingerprint density at radius 1 is 1.47 bits per heavy atom. The summed E-state index contributed by atoms with van der Waals surface area (Å²) in [6, 6.07) is 8.47. The maximum atomic E-state index is 12.2. The van der Waals surface area contributed by atoms with Crippen molar-refractivity contribution in [1.82, 2.24) is 10.6 Å². The van der Waals surface area contributed by atoms with E-state index in [0.29, 0.717) is 0 Å². The third-order valence-corrected chi connectivity index (χ3v) is 4.50. The second-order valence-corrected chi connectivity index (χ2v) is 6.29. The topological polar surface area (TPSA) is 41.1 Å². The molecule has 0 aliphatic carbocycles. The number of amides is 1. The van der Waals surface area contributed by atoms with Gasteiger partial charge in [-0.3, -0.25) is 4.79 Å². The highest BCUT2D eigenvalue weighted by Gasteiger charge is 2.24. The Morgan fingerprint density at radius 3 is 2.95 bits per heavy atom. The summed E-state index contributed by atoms with van der Waals surface area (Å²) in [6.07, 6.45) is 0.787. The number of hydrogen-bond acceptors (Lipinski definition) is 3. The molecular weight excluding hydrogens is 256 g/mol. The zero-order valence-corrected chi connectivity index (χ0v) is 12.4. The number of fused-ring (bicyclic) bond motifs is 1. The fraction of sp³-hybridized carbons (Fsp3) is 0.533. The van der Waals surface area contributed by atoms with E-state index in [1.165, 1.54) is 11.1 Å². The maximum Gasteiger partial charge on any atom is 0.237 e. The minimum absolute atomic E-state index is 0.0935. The Bertz CT molecular complexity index is 436. The third kappa shape index (κ3) is 3.98. The van der Waals surface area contributed by atoms with Crippen molar-refractivity contribution < 1.29 is 4.79 Å². The van der Waals surface area contributed by atoms with Gasteiger partial charge in [0, 0.05) is 18.3 Å². The van der Waals surface area contributed by atoms with Crippen molar-refractivity contribution >= 4 is 17.7 Å². The maximum absolute atomic E-state index is 12.2. The molecule has 0 saturated heterocycles. The summed E-state index contributed by atoms with van der Waals surface area (Å²) in [5, 5.41) is 6.41. The summed E-state index contributed by atoms with van der Waals surface area (Å²) in [4.78, 5) is 12.2. The number of thioether (sulfide) groups is 1. The summed E-state index contributed by atoms with van der Waals surface area (Å²) in [6.45, 7) is 4.99. The molecule has 0 bridgehead atoms. The predicted octanol–water partition coefficient (Wildman–Crippen LogP) is 1.96. The summed E-state index contributed by atoms with van der Waals surface area (Å²) >= 11 is 1.86. The van der Waals surface area contributed by atoms with Crippen molar-refractivity contribution in [2.75, 3.05) is 11.5 Å². The fourth-order valence-electron chi connectivity index (χ4n) is 2.32. The summed E-state index contributed by atoms with van der Waals surface area (Å²) in [5.41, 5.74) is 2.60. The molecule has 2 rings (SSSR count). The molecule has 0 radical (unpaired) electrons. The number of rotatable bonds is 5. The van der Waals surface area contributed by atoms with Gasteiger partial charge in [0.05, 0.1) is 6.04 Å². The van der Waals surface area contributed by atoms with Crippen LogP contribution in [0.25, 0.3) is 0 Å². The molecule has 1 aliphatic heterocycles. The Balaban J connectivity index is 1.88. The summed E-state index contributed by atoms with van der Waals surface area (Å²) < 4.78 is 0. The first kappa shape index (κ1) is 14.4. The molecule has 2 N–H and O–H groups in total. The lowest BCUT2D eigenvalue weighted by molar-refractivity contribution is -0.123. The zero-order valence-electron chi connectivity index (χ0n) is 11.6. The molecule has 0 saturated carbocycles. The smallest absolute Gasteiger partial charge is 0.237 e. The first-order valence-electron chi connectivity index (χ1n) is 6.89. The van der Waals surface area contributed by atoms with Crippen LogP contribution in [0.4, 0.5) is 0 Å². The van der Waals surface area contributed by atoms with Crippen LogP contribution in [-0.2, 0) is 17.8 Å². The van der Waals surface area contributed by atoms with Gasteiger partial charge < -0.3 is 10.6 Å². The van der Waals surface area contributed by atoms with E-state index in [2.05, 4.69) is 36.6 Å². The Kier molecular flexibility index (Phi) is 5.28. The van der Waals surface area contributed by atoms with Crippen LogP contribution in [0.2, 0.25) is 0 Å². The SMILES string of the molecule is CCSCC(C)NC(=O)[C@H]1Cc2ccccc2CN1. The van der Waals surface area contributed by atoms with E-state index in [0.717, 1.165) is 24.5 Å². The van der Waals surface area contributed by atoms with Crippen LogP contribution in [-0.4, -0.2) is 29.5 Å². The van der Waals surface area contributed by atoms with Gasteiger partial charge in [0.25, 0.3) is 0 Å². The van der Waals surface area contributed by atoms with E-state index in [4.69, 9.17) is 0 Å². The minimum Gasteiger partial charge on any atom is -0.351 e. The molecule has 1 aliphatic rings. The monoisotopic (exact) mass is 278 g/mol. The highest BCUT2D eigenvalue weighted by Crippen LogP contribution is 2.16. The van der Waals surface area contributed by atoms with Crippen LogP contribution in [0.1, 0.15) is 25.0 Å². The molecule has 4 heteroatoms. The van der Waals surface area contributed by atoms with E-state index in [1.807, 2.05) is 23.9 Å². The van der Waals surface area contributed by atoms with Crippen LogP contribution in [0.5, 0.6) is 0 Å². The highest BCUT2D eigenvalue weighted by molar-refractivity contribution is 7.99. The predicted molar refractivity (Wildman–Crippen MR) is 81.4 cm³/mol. The van der Waals surface area contributed by atoms with Gasteiger partial charge in [-0.1, -0.05) is 31.2 Å². The molecule has 0 spiro atoms. The quantitative estimate of drug-likeness (QED) is 0.865. The Morgan fingerprint density at radius 2 is 2.21 bits per heavy atom. The van der Waals surface area contributed by atoms with Crippen LogP contribution in [0.15, 0.2) is 24.3 Å². The van der Waals surface area contributed by atoms with E-state index < -0.39 is 0 Å². The molecule has 2 atom stereocenters. The van der Waals surface area contributed by atoms with E-state index in [9.17, 15) is 4.79 Å². The standard InChI is InChI=1S/C15H22N2OS/c1-3-19-10-11(2)17-15(18)14-8-12-6-4-5-7-13(12)9-16-14/h4-7,11,14,16H,3,8-10H2,1-2H3,(H,17,18)/t11?,14-/m1/s1. The van der Waals surface area contributed by atoms with Gasteiger partial charge in [-0.05, 0) is 30.2 Å². The molecule has 19 heavy (non-hydrogen) atoms. The highest BCUT2D eigenvalue weighted by atomic mass is 32.2. The van der Waals surface area contributed by atoms with Crippen LogP contribution in [0.3, 0.4) is 0 Å². The zero-order chi connectivity index (χ0) is 13.7. The van der Waals surface area contributed by atoms with E-state index in [-0.39, 0.29) is 18.0 Å². The van der Waals surface area contributed by atoms with E-state index >= 15 is 0 Å². The average molecular weight is 278 g/mol. The summed E-state index contributed by atoms with van der Waals surface area (Å²) in [5.74, 6) is 2.19. The third-order valence-electron chi connectivity index (χ3n) is 3.36. The molecule has 1 aromatic carbocycles. The molecule has 1 heterocycles. The van der Waals surface area contributed by atoms with Gasteiger partial charge in [0.2, 0.25) is 5.91 Å². The van der Waals surface area contributed by atoms with E-state index in [1.54, 1.807) is 0 Å². The lowest BCUT2D eigenvalue weighted by atomic mass is 9.95. The number of nitrogens with one attached hydrogen (secondary N) is 2. The normalized spacial score (nSPS) is 19.6. The molecule has 1 amide bonds. The number of hydrogen-bond donors (Lipinski definition) is 2. The Labute approximate surface area is 119 Å². The number of carbonyl (C=O) groups is 1. The Hall–Kier alpha value is -1.00. The van der Waals surface area contributed by atoms with Crippen LogP contribution >= 0.6 is 11.8 Å². The molecule has 0 fully saturated rings. The minimum atomic E-state index is -0.0935. The lowest BCUT2D eigenvalue weighted by Gasteiger charge is -2.26. The van der Waals surface area contributed by atoms with Gasteiger partial charge in [-0.25, -0.2) is 0 Å². The second kappa shape index (κ2) is 6.96. The molecule has 0 aromatic heterocycles. The molecule has 104 valence electrons. The molecular formula is C15H22N2OS. The van der Waals surface area contributed by atoms with Gasteiger partial charge in [0.1, 0.15) is 0 Å². The van der Waals surface area contributed by atoms with Crippen LogP contribution in [0, 0.1) is 0 Å². The van der Waals surface area contributed by atoms with Crippen molar-refractivity contribution in [2.45, 2.75) is 38.9 Å². The summed E-state index contributed by atoms with van der Waals surface area (Å²) in [7, 11) is 0. The van der Waals surface area contributed by atoms with Crippen molar-refractivity contribution in [1.29, 1.82) is 0 Å². The van der Waals surface area contributed by atoms with Gasteiger partial charge in [0.15, 0.2) is 0 Å². The lowest BCUT2D eigenvalue weighted by Crippen LogP contribution is -2.50. The van der Waals surface area contributed by atoms with Crippen molar-refractivity contribution in [3.8, 4) is 0 Å². The molecule has 1 unspecified atom stereocenters. The van der Waals surface area contributed by atoms with Gasteiger partial charge in [-0.15, -0.1) is 0 Å². The first-order chi connectivity index (χ1) is 9.20. The first-order valence-corrected chi connectivity index (χ1v) is 8.04. The number of benzene rings is 1. The van der Waals surface area contributed by atoms with Gasteiger partial charge >= 0.3 is 0 Å². The average Bonchev–Trinajstić information content (AvgIpc) is 2.44. The van der Waals surface area contributed by atoms with Crippen molar-refractivity contribution in [2.24, 2.45) is 0 Å². The van der Waals surface area contributed by atoms with Crippen molar-refractivity contribution in [3.63, 3.8) is 0 Å². The fourth-order valence-corrected chi connectivity index (χ4v) is 2.99. The molecule has 3 nitrogen and oxygen atoms in total. The van der Waals surface area contributed by atoms with Gasteiger partial charge in [-0.2, -0.15) is 11.8 Å². The largest absolute Gasteiger partial charge is 0.351 e. The molecule has 1 aromatic rings.